The van der Waals surface area contributed by atoms with Crippen LogP contribution in [0.2, 0.25) is 0 Å². The molecular formula is C13H11BrFNOS. The highest BCUT2D eigenvalue weighted by Crippen LogP contribution is 2.17. The van der Waals surface area contributed by atoms with E-state index in [4.69, 9.17) is 0 Å². The molecule has 2 aromatic rings. The van der Waals surface area contributed by atoms with Crippen LogP contribution < -0.4 is 5.32 Å². The number of rotatable bonds is 4. The Bertz CT molecular complexity index is 542. The number of benzene rings is 1. The van der Waals surface area contributed by atoms with E-state index in [0.717, 1.165) is 6.42 Å². The molecule has 0 aliphatic heterocycles. The Kier molecular flexibility index (Phi) is 4.49. The third-order valence-corrected chi connectivity index (χ3v) is 4.01. The maximum atomic E-state index is 12.9. The monoisotopic (exact) mass is 327 g/mol. The lowest BCUT2D eigenvalue weighted by Gasteiger charge is -2.06. The lowest BCUT2D eigenvalue weighted by Crippen LogP contribution is -2.25. The van der Waals surface area contributed by atoms with Crippen molar-refractivity contribution in [2.75, 3.05) is 6.54 Å². The highest BCUT2D eigenvalue weighted by molar-refractivity contribution is 9.10. The van der Waals surface area contributed by atoms with Crippen LogP contribution in [0.5, 0.6) is 0 Å². The Balaban J connectivity index is 1.91. The number of halogens is 2. The van der Waals surface area contributed by atoms with E-state index in [1.807, 2.05) is 17.5 Å². The second-order valence-corrected chi connectivity index (χ2v) is 5.60. The largest absolute Gasteiger partial charge is 0.352 e. The molecule has 1 aromatic heterocycles. The van der Waals surface area contributed by atoms with E-state index in [0.29, 0.717) is 16.6 Å². The molecular weight excluding hydrogens is 317 g/mol. The molecule has 1 N–H and O–H groups in total. The van der Waals surface area contributed by atoms with Gasteiger partial charge >= 0.3 is 0 Å². The number of hydrogen-bond acceptors (Lipinski definition) is 2. The minimum atomic E-state index is -0.364. The van der Waals surface area contributed by atoms with Crippen LogP contribution in [0.1, 0.15) is 15.2 Å². The van der Waals surface area contributed by atoms with E-state index in [1.54, 1.807) is 11.3 Å². The minimum absolute atomic E-state index is 0.196. The van der Waals surface area contributed by atoms with Crippen molar-refractivity contribution in [1.29, 1.82) is 0 Å². The number of thiophene rings is 1. The van der Waals surface area contributed by atoms with Gasteiger partial charge in [-0.1, -0.05) is 6.07 Å². The smallest absolute Gasteiger partial charge is 0.252 e. The molecule has 2 nitrogen and oxygen atoms in total. The van der Waals surface area contributed by atoms with Crippen molar-refractivity contribution in [2.45, 2.75) is 6.42 Å². The van der Waals surface area contributed by atoms with Crippen molar-refractivity contribution in [3.05, 3.63) is 56.4 Å². The lowest BCUT2D eigenvalue weighted by atomic mass is 10.2. The van der Waals surface area contributed by atoms with Crippen molar-refractivity contribution in [3.8, 4) is 0 Å². The summed E-state index contributed by atoms with van der Waals surface area (Å²) in [6.07, 6.45) is 0.808. The topological polar surface area (TPSA) is 29.1 Å². The fraction of sp³-hybridized carbons (Fsp3) is 0.154. The Hall–Kier alpha value is -1.20. The average molecular weight is 328 g/mol. The highest BCUT2D eigenvalue weighted by Gasteiger charge is 2.10. The van der Waals surface area contributed by atoms with E-state index in [-0.39, 0.29) is 11.7 Å². The summed E-state index contributed by atoms with van der Waals surface area (Å²) >= 11 is 4.84. The van der Waals surface area contributed by atoms with Gasteiger partial charge in [0.2, 0.25) is 0 Å². The molecule has 0 aliphatic carbocycles. The van der Waals surface area contributed by atoms with Crippen LogP contribution in [-0.4, -0.2) is 12.5 Å². The molecule has 5 heteroatoms. The summed E-state index contributed by atoms with van der Waals surface area (Å²) in [4.78, 5) is 13.1. The molecule has 0 bridgehead atoms. The van der Waals surface area contributed by atoms with Crippen LogP contribution in [0, 0.1) is 5.82 Å². The van der Waals surface area contributed by atoms with Crippen LogP contribution in [0.3, 0.4) is 0 Å². The van der Waals surface area contributed by atoms with E-state index in [1.165, 1.54) is 23.1 Å². The molecule has 0 spiro atoms. The van der Waals surface area contributed by atoms with Crippen LogP contribution in [0.15, 0.2) is 40.2 Å². The Labute approximate surface area is 117 Å². The van der Waals surface area contributed by atoms with Gasteiger partial charge in [0.1, 0.15) is 5.82 Å². The van der Waals surface area contributed by atoms with Gasteiger partial charge in [0.15, 0.2) is 0 Å². The standard InChI is InChI=1S/C13H11BrFNOS/c14-12-8-9(15)3-4-11(12)13(17)16-6-5-10-2-1-7-18-10/h1-4,7-8H,5-6H2,(H,16,17). The van der Waals surface area contributed by atoms with Crippen molar-refractivity contribution in [3.63, 3.8) is 0 Å². The van der Waals surface area contributed by atoms with Gasteiger partial charge in [-0.05, 0) is 52.0 Å². The average Bonchev–Trinajstić information content (AvgIpc) is 2.81. The van der Waals surface area contributed by atoms with Gasteiger partial charge in [0.05, 0.1) is 5.56 Å². The van der Waals surface area contributed by atoms with Gasteiger partial charge in [-0.15, -0.1) is 11.3 Å². The molecule has 18 heavy (non-hydrogen) atoms. The van der Waals surface area contributed by atoms with E-state index in [2.05, 4.69) is 21.2 Å². The summed E-state index contributed by atoms with van der Waals surface area (Å²) in [6.45, 7) is 0.573. The third kappa shape index (κ3) is 3.40. The van der Waals surface area contributed by atoms with Gasteiger partial charge in [0.25, 0.3) is 5.91 Å². The molecule has 0 radical (unpaired) electrons. The highest BCUT2D eigenvalue weighted by atomic mass is 79.9. The summed E-state index contributed by atoms with van der Waals surface area (Å²) in [7, 11) is 0. The molecule has 2 rings (SSSR count). The van der Waals surface area contributed by atoms with Crippen molar-refractivity contribution >= 4 is 33.2 Å². The summed E-state index contributed by atoms with van der Waals surface area (Å²) in [5.74, 6) is -0.560. The SMILES string of the molecule is O=C(NCCc1cccs1)c1ccc(F)cc1Br. The molecule has 0 unspecified atom stereocenters. The minimum Gasteiger partial charge on any atom is -0.352 e. The molecule has 0 fully saturated rings. The zero-order valence-electron chi connectivity index (χ0n) is 9.45. The maximum absolute atomic E-state index is 12.9. The number of hydrogen-bond donors (Lipinski definition) is 1. The summed E-state index contributed by atoms with van der Waals surface area (Å²) in [5, 5.41) is 4.82. The molecule has 1 aromatic carbocycles. The first-order valence-corrected chi connectivity index (χ1v) is 7.10. The van der Waals surface area contributed by atoms with Crippen molar-refractivity contribution < 1.29 is 9.18 Å². The molecule has 0 aliphatic rings. The van der Waals surface area contributed by atoms with Crippen molar-refractivity contribution in [2.24, 2.45) is 0 Å². The van der Waals surface area contributed by atoms with Gasteiger partial charge < -0.3 is 5.32 Å². The van der Waals surface area contributed by atoms with Crippen LogP contribution in [-0.2, 0) is 6.42 Å². The molecule has 0 saturated heterocycles. The number of amides is 1. The zero-order chi connectivity index (χ0) is 13.0. The zero-order valence-corrected chi connectivity index (χ0v) is 11.9. The van der Waals surface area contributed by atoms with E-state index >= 15 is 0 Å². The Morgan fingerprint density at radius 3 is 2.89 bits per heavy atom. The number of carbonyl (C=O) groups excluding carboxylic acids is 1. The fourth-order valence-electron chi connectivity index (χ4n) is 1.52. The first-order valence-electron chi connectivity index (χ1n) is 5.42. The second-order valence-electron chi connectivity index (χ2n) is 3.71. The second kappa shape index (κ2) is 6.11. The van der Waals surface area contributed by atoms with Crippen LogP contribution >= 0.6 is 27.3 Å². The quantitative estimate of drug-likeness (QED) is 0.912. The van der Waals surface area contributed by atoms with Gasteiger partial charge in [0, 0.05) is 15.9 Å². The third-order valence-electron chi connectivity index (χ3n) is 2.41. The first kappa shape index (κ1) is 13.2. The predicted octanol–water partition coefficient (Wildman–Crippen LogP) is 3.62. The van der Waals surface area contributed by atoms with Crippen LogP contribution in [0.4, 0.5) is 4.39 Å². The number of carbonyl (C=O) groups is 1. The summed E-state index contributed by atoms with van der Waals surface area (Å²) in [6, 6.07) is 8.05. The normalized spacial score (nSPS) is 10.3. The maximum Gasteiger partial charge on any atom is 0.252 e. The summed E-state index contributed by atoms with van der Waals surface area (Å²) in [5.41, 5.74) is 0.447. The molecule has 1 heterocycles. The number of nitrogens with one attached hydrogen (secondary N) is 1. The molecule has 94 valence electrons. The van der Waals surface area contributed by atoms with E-state index in [9.17, 15) is 9.18 Å². The molecule has 0 saturated carbocycles. The van der Waals surface area contributed by atoms with Crippen molar-refractivity contribution in [1.82, 2.24) is 5.32 Å². The first-order chi connectivity index (χ1) is 8.66. The van der Waals surface area contributed by atoms with Gasteiger partial charge in [-0.25, -0.2) is 4.39 Å². The predicted molar refractivity (Wildman–Crippen MR) is 74.5 cm³/mol. The Morgan fingerprint density at radius 2 is 2.22 bits per heavy atom. The summed E-state index contributed by atoms with van der Waals surface area (Å²) < 4.78 is 13.4. The van der Waals surface area contributed by atoms with Gasteiger partial charge in [-0.3, -0.25) is 4.79 Å². The lowest BCUT2D eigenvalue weighted by molar-refractivity contribution is 0.0953. The van der Waals surface area contributed by atoms with Gasteiger partial charge in [-0.2, -0.15) is 0 Å². The molecule has 1 amide bonds. The van der Waals surface area contributed by atoms with Crippen LogP contribution in [0.25, 0.3) is 0 Å². The molecule has 0 atom stereocenters. The van der Waals surface area contributed by atoms with E-state index < -0.39 is 0 Å². The Morgan fingerprint density at radius 1 is 1.39 bits per heavy atom. The fourth-order valence-corrected chi connectivity index (χ4v) is 2.76.